The minimum Gasteiger partial charge on any atom is -0.481 e. The van der Waals surface area contributed by atoms with Crippen molar-refractivity contribution in [1.82, 2.24) is 4.72 Å². The van der Waals surface area contributed by atoms with Gasteiger partial charge in [-0.1, -0.05) is 6.07 Å². The van der Waals surface area contributed by atoms with E-state index in [0.717, 1.165) is 16.2 Å². The first-order chi connectivity index (χ1) is 9.38. The van der Waals surface area contributed by atoms with Crippen LogP contribution in [-0.2, 0) is 21.2 Å². The van der Waals surface area contributed by atoms with Crippen molar-refractivity contribution in [3.05, 3.63) is 39.4 Å². The second-order valence-corrected chi connectivity index (χ2v) is 8.24. The normalized spacial score (nSPS) is 13.2. The zero-order chi connectivity index (χ0) is 14.8. The molecule has 108 valence electrons. The van der Waals surface area contributed by atoms with E-state index < -0.39 is 16.0 Å². The van der Waals surface area contributed by atoms with Crippen molar-refractivity contribution in [3.8, 4) is 0 Å². The first kappa shape index (κ1) is 15.2. The van der Waals surface area contributed by atoms with E-state index in [2.05, 4.69) is 4.72 Å². The molecule has 0 aliphatic carbocycles. The number of carboxylic acid groups (broad SMARTS) is 1. The second kappa shape index (κ2) is 6.04. The number of aliphatic carboxylic acids is 1. The van der Waals surface area contributed by atoms with Gasteiger partial charge in [0.15, 0.2) is 0 Å². The second-order valence-electron chi connectivity index (χ2n) is 4.15. The summed E-state index contributed by atoms with van der Waals surface area (Å²) in [6, 6.07) is 6.38. The van der Waals surface area contributed by atoms with E-state index in [1.54, 1.807) is 6.92 Å². The molecule has 20 heavy (non-hydrogen) atoms. The first-order valence-corrected chi connectivity index (χ1v) is 8.92. The molecule has 0 aromatic carbocycles. The van der Waals surface area contributed by atoms with Crippen molar-refractivity contribution >= 4 is 38.7 Å². The van der Waals surface area contributed by atoms with Crippen molar-refractivity contribution in [2.24, 2.45) is 0 Å². The summed E-state index contributed by atoms with van der Waals surface area (Å²) in [7, 11) is -3.62. The molecule has 5 nitrogen and oxygen atoms in total. The molecule has 0 radical (unpaired) electrons. The van der Waals surface area contributed by atoms with E-state index >= 15 is 0 Å². The molecule has 2 aromatic rings. The molecule has 0 saturated carbocycles. The van der Waals surface area contributed by atoms with Crippen LogP contribution in [0.4, 0.5) is 0 Å². The highest BCUT2D eigenvalue weighted by molar-refractivity contribution is 7.91. The fraction of sp³-hybridized carbons (Fsp3) is 0.250. The molecular formula is C12H13NO4S3. The number of hydrogen-bond acceptors (Lipinski definition) is 5. The van der Waals surface area contributed by atoms with Gasteiger partial charge in [-0.2, -0.15) is 0 Å². The monoisotopic (exact) mass is 331 g/mol. The highest BCUT2D eigenvalue weighted by Crippen LogP contribution is 2.25. The lowest BCUT2D eigenvalue weighted by Gasteiger charge is -2.11. The van der Waals surface area contributed by atoms with E-state index in [4.69, 9.17) is 5.11 Å². The summed E-state index contributed by atoms with van der Waals surface area (Å²) < 4.78 is 27.1. The maximum Gasteiger partial charge on any atom is 0.308 e. The Morgan fingerprint density at radius 3 is 2.75 bits per heavy atom. The third-order valence-corrected chi connectivity index (χ3v) is 6.70. The fourth-order valence-corrected chi connectivity index (χ4v) is 5.03. The SMILES string of the molecule is C[C@H](NS(=O)(=O)c1ccc(CC(=O)O)s1)c1cccs1. The molecule has 0 saturated heterocycles. The Hall–Kier alpha value is -1.22. The average molecular weight is 331 g/mol. The van der Waals surface area contributed by atoms with Crippen LogP contribution >= 0.6 is 22.7 Å². The largest absolute Gasteiger partial charge is 0.481 e. The van der Waals surface area contributed by atoms with Crippen LogP contribution in [0.3, 0.4) is 0 Å². The van der Waals surface area contributed by atoms with Gasteiger partial charge in [0.1, 0.15) is 4.21 Å². The molecule has 1 atom stereocenters. The van der Waals surface area contributed by atoms with E-state index in [9.17, 15) is 13.2 Å². The quantitative estimate of drug-likeness (QED) is 0.852. The van der Waals surface area contributed by atoms with Crippen LogP contribution in [0.1, 0.15) is 22.7 Å². The maximum absolute atomic E-state index is 12.2. The van der Waals surface area contributed by atoms with Crippen LogP contribution in [-0.4, -0.2) is 19.5 Å². The van der Waals surface area contributed by atoms with Crippen LogP contribution < -0.4 is 4.72 Å². The number of carboxylic acids is 1. The summed E-state index contributed by atoms with van der Waals surface area (Å²) in [6.45, 7) is 1.77. The van der Waals surface area contributed by atoms with E-state index in [0.29, 0.717) is 4.88 Å². The molecular weight excluding hydrogens is 318 g/mol. The van der Waals surface area contributed by atoms with Crippen molar-refractivity contribution < 1.29 is 18.3 Å². The predicted octanol–water partition coefficient (Wildman–Crippen LogP) is 2.48. The van der Waals surface area contributed by atoms with Crippen LogP contribution in [0.25, 0.3) is 0 Å². The minimum atomic E-state index is -3.62. The fourth-order valence-electron chi connectivity index (χ4n) is 1.63. The van der Waals surface area contributed by atoms with Gasteiger partial charge in [-0.25, -0.2) is 13.1 Å². The Morgan fingerprint density at radius 2 is 2.15 bits per heavy atom. The molecule has 0 bridgehead atoms. The lowest BCUT2D eigenvalue weighted by molar-refractivity contribution is -0.136. The molecule has 0 aliphatic heterocycles. The third kappa shape index (κ3) is 3.66. The molecule has 2 rings (SSSR count). The summed E-state index contributed by atoms with van der Waals surface area (Å²) >= 11 is 2.46. The molecule has 8 heteroatoms. The number of sulfonamides is 1. The Balaban J connectivity index is 2.14. The molecule has 2 aromatic heterocycles. The Bertz CT molecular complexity index is 688. The summed E-state index contributed by atoms with van der Waals surface area (Å²) in [5, 5.41) is 10.6. The molecule has 0 fully saturated rings. The van der Waals surface area contributed by atoms with Gasteiger partial charge in [0.25, 0.3) is 10.0 Å². The Morgan fingerprint density at radius 1 is 1.40 bits per heavy atom. The Labute approximate surface area is 124 Å². The number of thiophene rings is 2. The van der Waals surface area contributed by atoms with Gasteiger partial charge in [-0.05, 0) is 30.5 Å². The number of rotatable bonds is 6. The lowest BCUT2D eigenvalue weighted by atomic mass is 10.3. The van der Waals surface area contributed by atoms with Gasteiger partial charge < -0.3 is 5.11 Å². The van der Waals surface area contributed by atoms with Crippen molar-refractivity contribution in [2.75, 3.05) is 0 Å². The average Bonchev–Trinajstić information content (AvgIpc) is 2.97. The summed E-state index contributed by atoms with van der Waals surface area (Å²) in [5.41, 5.74) is 0. The van der Waals surface area contributed by atoms with Crippen LogP contribution in [0.15, 0.2) is 33.9 Å². The van der Waals surface area contributed by atoms with Gasteiger partial charge >= 0.3 is 5.97 Å². The van der Waals surface area contributed by atoms with Crippen molar-refractivity contribution in [3.63, 3.8) is 0 Å². The molecule has 0 spiro atoms. The van der Waals surface area contributed by atoms with Gasteiger partial charge in [-0.3, -0.25) is 4.79 Å². The topological polar surface area (TPSA) is 83.5 Å². The van der Waals surface area contributed by atoms with Crippen LogP contribution in [0.2, 0.25) is 0 Å². The number of nitrogens with one attached hydrogen (secondary N) is 1. The highest BCUT2D eigenvalue weighted by atomic mass is 32.2. The first-order valence-electron chi connectivity index (χ1n) is 5.75. The minimum absolute atomic E-state index is 0.136. The van der Waals surface area contributed by atoms with Gasteiger partial charge in [0, 0.05) is 9.75 Å². The third-order valence-electron chi connectivity index (χ3n) is 2.53. The van der Waals surface area contributed by atoms with Crippen molar-refractivity contribution in [2.45, 2.75) is 23.6 Å². The zero-order valence-electron chi connectivity index (χ0n) is 10.6. The van der Waals surface area contributed by atoms with Gasteiger partial charge in [0.2, 0.25) is 0 Å². The standard InChI is InChI=1S/C12H13NO4S3/c1-8(10-3-2-6-18-10)13-20(16,17)12-5-4-9(19-12)7-11(14)15/h2-6,8,13H,7H2,1H3,(H,14,15)/t8-/m0/s1. The van der Waals surface area contributed by atoms with Crippen LogP contribution in [0.5, 0.6) is 0 Å². The maximum atomic E-state index is 12.2. The smallest absolute Gasteiger partial charge is 0.308 e. The van der Waals surface area contributed by atoms with E-state index in [1.807, 2.05) is 17.5 Å². The lowest BCUT2D eigenvalue weighted by Crippen LogP contribution is -2.25. The highest BCUT2D eigenvalue weighted by Gasteiger charge is 2.21. The number of carbonyl (C=O) groups is 1. The van der Waals surface area contributed by atoms with Crippen LogP contribution in [0, 0.1) is 0 Å². The van der Waals surface area contributed by atoms with Crippen molar-refractivity contribution in [1.29, 1.82) is 0 Å². The van der Waals surface area contributed by atoms with E-state index in [1.165, 1.54) is 23.5 Å². The molecule has 0 amide bonds. The predicted molar refractivity (Wildman–Crippen MR) is 78.7 cm³/mol. The van der Waals surface area contributed by atoms with Gasteiger partial charge in [-0.15, -0.1) is 22.7 Å². The van der Waals surface area contributed by atoms with E-state index in [-0.39, 0.29) is 16.7 Å². The summed E-state index contributed by atoms with van der Waals surface area (Å²) in [6.07, 6.45) is -0.166. The summed E-state index contributed by atoms with van der Waals surface area (Å²) in [5.74, 6) is -0.976. The molecule has 2 heterocycles. The van der Waals surface area contributed by atoms with Gasteiger partial charge in [0.05, 0.1) is 12.5 Å². The zero-order valence-corrected chi connectivity index (χ0v) is 13.0. The molecule has 2 N–H and O–H groups in total. The molecule has 0 aliphatic rings. The molecule has 0 unspecified atom stereocenters. The Kier molecular flexibility index (Phi) is 4.59. The summed E-state index contributed by atoms with van der Waals surface area (Å²) in [4.78, 5) is 12.0. The number of hydrogen-bond donors (Lipinski definition) is 2.